The first-order valence-electron chi connectivity index (χ1n) is 6.46. The Bertz CT molecular complexity index is 705. The number of hydrogen-bond acceptors (Lipinski definition) is 6. The number of benzene rings is 1. The van der Waals surface area contributed by atoms with Crippen LogP contribution in [0.15, 0.2) is 35.2 Å². The lowest BCUT2D eigenvalue weighted by Gasteiger charge is -2.08. The molecule has 6 nitrogen and oxygen atoms in total. The number of aryl methyl sites for hydroxylation is 1. The van der Waals surface area contributed by atoms with E-state index in [2.05, 4.69) is 15.3 Å². The number of sulfone groups is 1. The van der Waals surface area contributed by atoms with Crippen molar-refractivity contribution >= 4 is 15.7 Å². The van der Waals surface area contributed by atoms with Crippen LogP contribution in [0, 0.1) is 0 Å². The summed E-state index contributed by atoms with van der Waals surface area (Å²) in [6, 6.07) is 7.90. The molecule has 1 heterocycles. The lowest BCUT2D eigenvalue weighted by atomic mass is 10.3. The Kier molecular flexibility index (Phi) is 4.42. The molecule has 21 heavy (non-hydrogen) atoms. The van der Waals surface area contributed by atoms with Gasteiger partial charge in [0, 0.05) is 25.8 Å². The summed E-state index contributed by atoms with van der Waals surface area (Å²) in [5, 5.41) is 2.95. The van der Waals surface area contributed by atoms with Crippen molar-refractivity contribution in [3.05, 3.63) is 36.2 Å². The minimum Gasteiger partial charge on any atom is -0.439 e. The number of hydrogen-bond donors (Lipinski definition) is 1. The lowest BCUT2D eigenvalue weighted by Crippen LogP contribution is -2.01. The van der Waals surface area contributed by atoms with E-state index < -0.39 is 9.84 Å². The van der Waals surface area contributed by atoms with Crippen molar-refractivity contribution in [2.24, 2.45) is 0 Å². The average molecular weight is 307 g/mol. The molecule has 0 amide bonds. The van der Waals surface area contributed by atoms with Gasteiger partial charge in [-0.2, -0.15) is 4.98 Å². The SMILES string of the molecule is CCc1nc(NC)cc(Oc2ccc(S(C)(=O)=O)cc2)n1. The molecule has 1 N–H and O–H groups in total. The van der Waals surface area contributed by atoms with Crippen LogP contribution in [0.3, 0.4) is 0 Å². The third-order valence-corrected chi connectivity index (χ3v) is 3.92. The summed E-state index contributed by atoms with van der Waals surface area (Å²) in [5.41, 5.74) is 0. The average Bonchev–Trinajstić information content (AvgIpc) is 2.46. The van der Waals surface area contributed by atoms with E-state index in [1.165, 1.54) is 18.4 Å². The van der Waals surface area contributed by atoms with E-state index in [1.807, 2.05) is 6.92 Å². The van der Waals surface area contributed by atoms with E-state index in [1.54, 1.807) is 25.2 Å². The molecule has 2 rings (SSSR count). The molecule has 0 saturated carbocycles. The van der Waals surface area contributed by atoms with Gasteiger partial charge in [0.1, 0.15) is 17.4 Å². The summed E-state index contributed by atoms with van der Waals surface area (Å²) < 4.78 is 28.4. The Hall–Kier alpha value is -2.15. The zero-order chi connectivity index (χ0) is 15.5. The van der Waals surface area contributed by atoms with Gasteiger partial charge in [0.2, 0.25) is 5.88 Å². The zero-order valence-electron chi connectivity index (χ0n) is 12.1. The summed E-state index contributed by atoms with van der Waals surface area (Å²) in [5.74, 6) is 2.28. The lowest BCUT2D eigenvalue weighted by molar-refractivity contribution is 0.459. The van der Waals surface area contributed by atoms with E-state index in [0.717, 1.165) is 0 Å². The topological polar surface area (TPSA) is 81.2 Å². The molecule has 0 atom stereocenters. The predicted molar refractivity (Wildman–Crippen MR) is 80.6 cm³/mol. The first-order valence-corrected chi connectivity index (χ1v) is 8.35. The molecular formula is C14H17N3O3S. The monoisotopic (exact) mass is 307 g/mol. The molecule has 0 aliphatic rings. The Morgan fingerprint density at radius 1 is 1.19 bits per heavy atom. The number of aromatic nitrogens is 2. The Morgan fingerprint density at radius 3 is 2.38 bits per heavy atom. The second-order valence-electron chi connectivity index (χ2n) is 4.46. The van der Waals surface area contributed by atoms with Gasteiger partial charge in [-0.15, -0.1) is 0 Å². The van der Waals surface area contributed by atoms with E-state index in [-0.39, 0.29) is 4.90 Å². The summed E-state index contributed by atoms with van der Waals surface area (Å²) in [7, 11) is -1.43. The molecule has 0 aliphatic carbocycles. The number of ether oxygens (including phenoxy) is 1. The molecule has 2 aromatic rings. The third kappa shape index (κ3) is 3.91. The van der Waals surface area contributed by atoms with Gasteiger partial charge in [0.05, 0.1) is 4.90 Å². The molecule has 0 fully saturated rings. The minimum absolute atomic E-state index is 0.252. The molecule has 0 aliphatic heterocycles. The quantitative estimate of drug-likeness (QED) is 0.912. The van der Waals surface area contributed by atoms with Crippen LogP contribution in [-0.4, -0.2) is 31.7 Å². The first-order chi connectivity index (χ1) is 9.92. The summed E-state index contributed by atoms with van der Waals surface area (Å²) in [6.07, 6.45) is 1.86. The highest BCUT2D eigenvalue weighted by molar-refractivity contribution is 7.90. The summed E-state index contributed by atoms with van der Waals surface area (Å²) in [6.45, 7) is 1.96. The number of nitrogens with zero attached hydrogens (tertiary/aromatic N) is 2. The fourth-order valence-corrected chi connectivity index (χ4v) is 2.32. The van der Waals surface area contributed by atoms with Gasteiger partial charge in [-0.05, 0) is 24.3 Å². The van der Waals surface area contributed by atoms with Crippen LogP contribution < -0.4 is 10.1 Å². The second-order valence-corrected chi connectivity index (χ2v) is 6.47. The maximum atomic E-state index is 11.4. The molecule has 0 bridgehead atoms. The van der Waals surface area contributed by atoms with Crippen molar-refractivity contribution in [1.82, 2.24) is 9.97 Å². The van der Waals surface area contributed by atoms with Gasteiger partial charge in [-0.25, -0.2) is 13.4 Å². The van der Waals surface area contributed by atoms with Crippen molar-refractivity contribution in [2.45, 2.75) is 18.2 Å². The standard InChI is InChI=1S/C14H17N3O3S/c1-4-12-16-13(15-2)9-14(17-12)20-10-5-7-11(8-6-10)21(3,18)19/h5-9H,4H2,1-3H3,(H,15,16,17). The van der Waals surface area contributed by atoms with Crippen molar-refractivity contribution < 1.29 is 13.2 Å². The number of nitrogens with one attached hydrogen (secondary N) is 1. The minimum atomic E-state index is -3.20. The molecule has 7 heteroatoms. The van der Waals surface area contributed by atoms with Gasteiger partial charge >= 0.3 is 0 Å². The molecule has 0 spiro atoms. The molecular weight excluding hydrogens is 290 g/mol. The van der Waals surface area contributed by atoms with Crippen LogP contribution in [0.25, 0.3) is 0 Å². The fraction of sp³-hybridized carbons (Fsp3) is 0.286. The highest BCUT2D eigenvalue weighted by Crippen LogP contribution is 2.23. The highest BCUT2D eigenvalue weighted by atomic mass is 32.2. The van der Waals surface area contributed by atoms with Crippen molar-refractivity contribution in [1.29, 1.82) is 0 Å². The molecule has 0 saturated heterocycles. The van der Waals surface area contributed by atoms with Crippen LogP contribution in [0.2, 0.25) is 0 Å². The van der Waals surface area contributed by atoms with Crippen molar-refractivity contribution in [2.75, 3.05) is 18.6 Å². The van der Waals surface area contributed by atoms with Gasteiger partial charge in [0.25, 0.3) is 0 Å². The van der Waals surface area contributed by atoms with E-state index in [4.69, 9.17) is 4.74 Å². The van der Waals surface area contributed by atoms with Gasteiger partial charge in [-0.1, -0.05) is 6.92 Å². The van der Waals surface area contributed by atoms with Crippen molar-refractivity contribution in [3.8, 4) is 11.6 Å². The fourth-order valence-electron chi connectivity index (χ4n) is 1.69. The maximum absolute atomic E-state index is 11.4. The second kappa shape index (κ2) is 6.09. The van der Waals surface area contributed by atoms with Crippen LogP contribution in [0.4, 0.5) is 5.82 Å². The first kappa shape index (κ1) is 15.2. The van der Waals surface area contributed by atoms with Gasteiger partial charge in [0.15, 0.2) is 9.84 Å². The Morgan fingerprint density at radius 2 is 1.86 bits per heavy atom. The highest BCUT2D eigenvalue weighted by Gasteiger charge is 2.08. The molecule has 0 unspecified atom stereocenters. The van der Waals surface area contributed by atoms with E-state index >= 15 is 0 Å². The van der Waals surface area contributed by atoms with E-state index in [9.17, 15) is 8.42 Å². The van der Waals surface area contributed by atoms with Gasteiger partial charge in [-0.3, -0.25) is 0 Å². The van der Waals surface area contributed by atoms with Crippen LogP contribution in [-0.2, 0) is 16.3 Å². The van der Waals surface area contributed by atoms with E-state index in [0.29, 0.717) is 29.7 Å². The Balaban J connectivity index is 2.25. The maximum Gasteiger partial charge on any atom is 0.224 e. The normalized spacial score (nSPS) is 11.2. The van der Waals surface area contributed by atoms with Crippen LogP contribution in [0.5, 0.6) is 11.6 Å². The van der Waals surface area contributed by atoms with Crippen molar-refractivity contribution in [3.63, 3.8) is 0 Å². The van der Waals surface area contributed by atoms with Crippen LogP contribution in [0.1, 0.15) is 12.7 Å². The molecule has 0 radical (unpaired) electrons. The molecule has 112 valence electrons. The number of anilines is 1. The van der Waals surface area contributed by atoms with Gasteiger partial charge < -0.3 is 10.1 Å². The third-order valence-electron chi connectivity index (χ3n) is 2.80. The van der Waals surface area contributed by atoms with Crippen LogP contribution >= 0.6 is 0 Å². The zero-order valence-corrected chi connectivity index (χ0v) is 12.9. The number of rotatable bonds is 5. The largest absolute Gasteiger partial charge is 0.439 e. The molecule has 1 aromatic heterocycles. The summed E-state index contributed by atoms with van der Waals surface area (Å²) >= 11 is 0. The summed E-state index contributed by atoms with van der Waals surface area (Å²) in [4.78, 5) is 8.80. The predicted octanol–water partition coefficient (Wildman–Crippen LogP) is 2.28. The Labute approximate surface area is 124 Å². The molecule has 1 aromatic carbocycles. The smallest absolute Gasteiger partial charge is 0.224 e.